The van der Waals surface area contributed by atoms with E-state index in [1.54, 1.807) is 0 Å². The Morgan fingerprint density at radius 1 is 0.852 bits per heavy atom. The molecule has 27 heavy (non-hydrogen) atoms. The van der Waals surface area contributed by atoms with Crippen LogP contribution in [0.15, 0.2) is 91.0 Å². The van der Waals surface area contributed by atoms with Crippen LogP contribution in [0, 0.1) is 0 Å². The van der Waals surface area contributed by atoms with Crippen molar-refractivity contribution in [1.29, 1.82) is 0 Å². The molecule has 0 bridgehead atoms. The van der Waals surface area contributed by atoms with Gasteiger partial charge in [0, 0.05) is 0 Å². The summed E-state index contributed by atoms with van der Waals surface area (Å²) in [5.74, 6) is 0. The summed E-state index contributed by atoms with van der Waals surface area (Å²) < 4.78 is 12.5. The number of benzene rings is 3. The summed E-state index contributed by atoms with van der Waals surface area (Å²) in [5.41, 5.74) is 3.53. The van der Waals surface area contributed by atoms with Crippen LogP contribution in [0.5, 0.6) is 0 Å². The van der Waals surface area contributed by atoms with Gasteiger partial charge < -0.3 is 14.6 Å². The molecule has 1 saturated heterocycles. The van der Waals surface area contributed by atoms with Crippen LogP contribution < -0.4 is 5.23 Å². The summed E-state index contributed by atoms with van der Waals surface area (Å²) in [6.45, 7) is 2.56. The van der Waals surface area contributed by atoms with E-state index >= 15 is 0 Å². The first-order chi connectivity index (χ1) is 13.3. The lowest BCUT2D eigenvalue weighted by atomic mass is 9.88. The fourth-order valence-corrected chi connectivity index (χ4v) is 3.68. The summed E-state index contributed by atoms with van der Waals surface area (Å²) in [6, 6.07) is 31.3. The second kappa shape index (κ2) is 8.53. The van der Waals surface area contributed by atoms with E-state index in [4.69, 9.17) is 9.39 Å². The highest BCUT2D eigenvalue weighted by atomic mass is 16.5. The molecule has 0 spiro atoms. The first-order valence-corrected chi connectivity index (χ1v) is 9.49. The van der Waals surface area contributed by atoms with Crippen LogP contribution in [0.3, 0.4) is 0 Å². The lowest BCUT2D eigenvalue weighted by Gasteiger charge is -2.24. The van der Waals surface area contributed by atoms with Crippen LogP contribution in [0.1, 0.15) is 28.8 Å². The molecule has 136 valence electrons. The number of ether oxygens (including phenoxy) is 1. The van der Waals surface area contributed by atoms with Gasteiger partial charge in [0.25, 0.3) is 0 Å². The van der Waals surface area contributed by atoms with Gasteiger partial charge in [-0.2, -0.15) is 0 Å². The standard InChI is InChI=1S/C23H24BNO2/c1-24-25-22(18-11-5-2-6-12-18)21(27-24)17-26-23(19-13-7-3-8-14-19)20-15-9-4-10-16-20/h2-16,21-23,25H,17H2,1H3/t21-,22+/m0/s1. The SMILES string of the molecule is CB1N[C@H](c2ccccc2)[C@H](COC(c2ccccc2)c2ccccc2)O1. The number of nitrogens with one attached hydrogen (secondary N) is 1. The van der Waals surface area contributed by atoms with Crippen LogP contribution >= 0.6 is 0 Å². The zero-order valence-corrected chi connectivity index (χ0v) is 15.5. The summed E-state index contributed by atoms with van der Waals surface area (Å²) in [4.78, 5) is 0. The predicted molar refractivity (Wildman–Crippen MR) is 109 cm³/mol. The van der Waals surface area contributed by atoms with E-state index in [2.05, 4.69) is 78.0 Å². The molecule has 1 aliphatic rings. The van der Waals surface area contributed by atoms with Gasteiger partial charge in [0.05, 0.1) is 18.8 Å². The van der Waals surface area contributed by atoms with Crippen LogP contribution in [0.2, 0.25) is 6.82 Å². The first-order valence-electron chi connectivity index (χ1n) is 9.49. The van der Waals surface area contributed by atoms with E-state index < -0.39 is 0 Å². The smallest absolute Gasteiger partial charge is 0.377 e. The Labute approximate surface area is 161 Å². The molecule has 3 aromatic rings. The fourth-order valence-electron chi connectivity index (χ4n) is 3.68. The van der Waals surface area contributed by atoms with Gasteiger partial charge in [0.15, 0.2) is 0 Å². The Kier molecular flexibility index (Phi) is 5.68. The quantitative estimate of drug-likeness (QED) is 0.652. The monoisotopic (exact) mass is 357 g/mol. The Bertz CT molecular complexity index is 789. The highest BCUT2D eigenvalue weighted by Gasteiger charge is 2.36. The predicted octanol–water partition coefficient (Wildman–Crippen LogP) is 4.64. The Morgan fingerprint density at radius 3 is 1.93 bits per heavy atom. The molecule has 4 rings (SSSR count). The van der Waals surface area contributed by atoms with E-state index in [0.717, 1.165) is 11.1 Å². The third kappa shape index (κ3) is 4.30. The molecule has 0 saturated carbocycles. The molecular formula is C23H24BNO2. The lowest BCUT2D eigenvalue weighted by molar-refractivity contribution is 0.0163. The second-order valence-electron chi connectivity index (χ2n) is 6.91. The van der Waals surface area contributed by atoms with Gasteiger partial charge >= 0.3 is 7.05 Å². The van der Waals surface area contributed by atoms with Crippen molar-refractivity contribution in [3.05, 3.63) is 108 Å². The van der Waals surface area contributed by atoms with E-state index in [1.165, 1.54) is 5.56 Å². The molecule has 1 heterocycles. The van der Waals surface area contributed by atoms with Gasteiger partial charge in [0.1, 0.15) is 6.10 Å². The summed E-state index contributed by atoms with van der Waals surface area (Å²) in [7, 11) is 0.00991. The van der Waals surface area contributed by atoms with E-state index in [0.29, 0.717) is 6.61 Å². The van der Waals surface area contributed by atoms with E-state index in [1.807, 2.05) is 25.0 Å². The number of hydrogen-bond acceptors (Lipinski definition) is 3. The maximum atomic E-state index is 6.43. The van der Waals surface area contributed by atoms with E-state index in [-0.39, 0.29) is 25.3 Å². The third-order valence-corrected chi connectivity index (χ3v) is 4.96. The molecule has 3 nitrogen and oxygen atoms in total. The zero-order chi connectivity index (χ0) is 18.5. The van der Waals surface area contributed by atoms with Crippen molar-refractivity contribution in [3.8, 4) is 0 Å². The molecule has 4 heteroatoms. The largest absolute Gasteiger partial charge is 0.414 e. The third-order valence-electron chi connectivity index (χ3n) is 4.96. The molecular weight excluding hydrogens is 333 g/mol. The molecule has 0 unspecified atom stereocenters. The highest BCUT2D eigenvalue weighted by molar-refractivity contribution is 6.48. The van der Waals surface area contributed by atoms with Gasteiger partial charge in [-0.1, -0.05) is 91.0 Å². The van der Waals surface area contributed by atoms with Crippen molar-refractivity contribution in [2.24, 2.45) is 0 Å². The van der Waals surface area contributed by atoms with E-state index in [9.17, 15) is 0 Å². The average molecular weight is 357 g/mol. The normalized spacial score (nSPS) is 19.6. The molecule has 1 fully saturated rings. The topological polar surface area (TPSA) is 30.5 Å². The molecule has 0 aromatic heterocycles. The van der Waals surface area contributed by atoms with Crippen molar-refractivity contribution in [2.75, 3.05) is 6.61 Å². The van der Waals surface area contributed by atoms with Gasteiger partial charge in [-0.15, -0.1) is 0 Å². The molecule has 3 aromatic carbocycles. The van der Waals surface area contributed by atoms with Gasteiger partial charge in [0.2, 0.25) is 0 Å². The van der Waals surface area contributed by atoms with Crippen LogP contribution in [0.25, 0.3) is 0 Å². The number of rotatable bonds is 6. The molecule has 2 atom stereocenters. The average Bonchev–Trinajstić information content (AvgIpc) is 3.11. The second-order valence-corrected chi connectivity index (χ2v) is 6.91. The van der Waals surface area contributed by atoms with Gasteiger partial charge in [-0.05, 0) is 23.5 Å². The summed E-state index contributed by atoms with van der Waals surface area (Å²) >= 11 is 0. The van der Waals surface area contributed by atoms with Crippen molar-refractivity contribution in [1.82, 2.24) is 5.23 Å². The summed E-state index contributed by atoms with van der Waals surface area (Å²) in [6.07, 6.45) is -0.138. The minimum Gasteiger partial charge on any atom is -0.414 e. The Morgan fingerprint density at radius 2 is 1.37 bits per heavy atom. The summed E-state index contributed by atoms with van der Waals surface area (Å²) in [5, 5.41) is 3.52. The zero-order valence-electron chi connectivity index (χ0n) is 15.5. The van der Waals surface area contributed by atoms with Crippen LogP contribution in [0.4, 0.5) is 0 Å². The molecule has 0 radical (unpaired) electrons. The Hall–Kier alpha value is -2.40. The van der Waals surface area contributed by atoms with Crippen molar-refractivity contribution < 1.29 is 9.39 Å². The maximum Gasteiger partial charge on any atom is 0.377 e. The molecule has 0 aliphatic carbocycles. The lowest BCUT2D eigenvalue weighted by Crippen LogP contribution is -2.28. The molecule has 1 N–H and O–H groups in total. The first kappa shape index (κ1) is 18.0. The number of hydrogen-bond donors (Lipinski definition) is 1. The minimum atomic E-state index is -0.108. The molecule has 0 amide bonds. The van der Waals surface area contributed by atoms with Gasteiger partial charge in [-0.3, -0.25) is 0 Å². The fraction of sp³-hybridized carbons (Fsp3) is 0.217. The highest BCUT2D eigenvalue weighted by Crippen LogP contribution is 2.30. The van der Waals surface area contributed by atoms with Crippen molar-refractivity contribution >= 4 is 7.05 Å². The van der Waals surface area contributed by atoms with Crippen LogP contribution in [-0.2, 0) is 9.39 Å². The maximum absolute atomic E-state index is 6.43. The van der Waals surface area contributed by atoms with Crippen molar-refractivity contribution in [3.63, 3.8) is 0 Å². The van der Waals surface area contributed by atoms with Gasteiger partial charge in [-0.25, -0.2) is 0 Å². The Balaban J connectivity index is 1.53. The van der Waals surface area contributed by atoms with Crippen molar-refractivity contribution in [2.45, 2.75) is 25.1 Å². The minimum absolute atomic E-state index is 0.00991. The molecule has 1 aliphatic heterocycles. The van der Waals surface area contributed by atoms with Crippen LogP contribution in [-0.4, -0.2) is 19.8 Å².